The molecule has 0 saturated heterocycles. The molecule has 2 N–H and O–H groups in total. The Balaban J connectivity index is 3.01. The summed E-state index contributed by atoms with van der Waals surface area (Å²) in [6.07, 6.45) is -1.38. The van der Waals surface area contributed by atoms with E-state index in [0.717, 1.165) is 9.35 Å². The van der Waals surface area contributed by atoms with Gasteiger partial charge in [-0.3, -0.25) is 0 Å². The number of hydrogen-bond donors (Lipinski definition) is 2. The zero-order chi connectivity index (χ0) is 10.9. The number of hydrogen-bond acceptors (Lipinski definition) is 3. The quantitative estimate of drug-likeness (QED) is 0.892. The Morgan fingerprint density at radius 3 is 2.57 bits per heavy atom. The van der Waals surface area contributed by atoms with Gasteiger partial charge in [-0.1, -0.05) is 13.8 Å². The molecule has 78 valence electrons. The van der Waals surface area contributed by atoms with E-state index in [1.54, 1.807) is 13.8 Å². The van der Waals surface area contributed by atoms with E-state index in [2.05, 4.69) is 15.9 Å². The highest BCUT2D eigenvalue weighted by atomic mass is 79.9. The van der Waals surface area contributed by atoms with Crippen LogP contribution in [0.4, 0.5) is 0 Å². The average molecular weight is 279 g/mol. The van der Waals surface area contributed by atoms with E-state index in [4.69, 9.17) is 5.11 Å². The van der Waals surface area contributed by atoms with Crippen LogP contribution in [0.2, 0.25) is 0 Å². The van der Waals surface area contributed by atoms with Crippen molar-refractivity contribution >= 4 is 33.2 Å². The summed E-state index contributed by atoms with van der Waals surface area (Å²) in [6.45, 7) is 3.42. The van der Waals surface area contributed by atoms with Crippen molar-refractivity contribution in [1.29, 1.82) is 0 Å². The molecule has 5 heteroatoms. The molecule has 1 heterocycles. The minimum atomic E-state index is -1.38. The number of aliphatic hydroxyl groups is 1. The normalized spacial score (nSPS) is 14.0. The lowest BCUT2D eigenvalue weighted by atomic mass is 9.85. The molecule has 0 aliphatic heterocycles. The molecular formula is C9H11BrO3S. The number of carboxylic acids is 1. The molecule has 1 aromatic heterocycles. The largest absolute Gasteiger partial charge is 0.479 e. The van der Waals surface area contributed by atoms with E-state index in [-0.39, 0.29) is 0 Å². The van der Waals surface area contributed by atoms with Crippen molar-refractivity contribution in [1.82, 2.24) is 0 Å². The lowest BCUT2D eigenvalue weighted by molar-refractivity contribution is -0.150. The summed E-state index contributed by atoms with van der Waals surface area (Å²) >= 11 is 4.72. The first-order valence-electron chi connectivity index (χ1n) is 4.01. The van der Waals surface area contributed by atoms with Crippen molar-refractivity contribution in [2.45, 2.75) is 25.4 Å². The fraction of sp³-hybridized carbons (Fsp3) is 0.444. The van der Waals surface area contributed by atoms with Crippen LogP contribution in [0, 0.1) is 0 Å². The van der Waals surface area contributed by atoms with Crippen LogP contribution in [0.1, 0.15) is 18.7 Å². The Morgan fingerprint density at radius 2 is 2.21 bits per heavy atom. The molecule has 0 fully saturated rings. The fourth-order valence-corrected chi connectivity index (χ4v) is 2.67. The summed E-state index contributed by atoms with van der Waals surface area (Å²) in [5.74, 6) is -1.19. The molecule has 14 heavy (non-hydrogen) atoms. The van der Waals surface area contributed by atoms with E-state index in [1.165, 1.54) is 11.3 Å². The third kappa shape index (κ3) is 2.16. The van der Waals surface area contributed by atoms with Gasteiger partial charge in [-0.05, 0) is 22.0 Å². The molecule has 1 aromatic rings. The first kappa shape index (κ1) is 11.7. The van der Waals surface area contributed by atoms with Gasteiger partial charge in [-0.15, -0.1) is 11.3 Å². The van der Waals surface area contributed by atoms with Gasteiger partial charge in [0.25, 0.3) is 0 Å². The Hall–Kier alpha value is -0.390. The lowest BCUT2D eigenvalue weighted by Crippen LogP contribution is -2.39. The number of rotatable bonds is 3. The number of halogens is 1. The smallest absolute Gasteiger partial charge is 0.333 e. The third-order valence-electron chi connectivity index (χ3n) is 2.12. The van der Waals surface area contributed by atoms with Gasteiger partial charge in [0, 0.05) is 20.1 Å². The maximum atomic E-state index is 10.7. The molecule has 0 spiro atoms. The highest BCUT2D eigenvalue weighted by Crippen LogP contribution is 2.34. The standard InChI is InChI=1S/C9H11BrO3S/c1-9(2,7(11)8(12)13)6-3-5(10)4-14-6/h3-4,7,11H,1-2H3,(H,12,13). The van der Waals surface area contributed by atoms with Crippen LogP contribution < -0.4 is 0 Å². The molecule has 0 aromatic carbocycles. The van der Waals surface area contributed by atoms with Gasteiger partial charge in [-0.25, -0.2) is 4.79 Å². The summed E-state index contributed by atoms with van der Waals surface area (Å²) < 4.78 is 0.906. The van der Waals surface area contributed by atoms with Crippen molar-refractivity contribution in [2.75, 3.05) is 0 Å². The number of carbonyl (C=O) groups is 1. The molecule has 0 amide bonds. The number of carboxylic acid groups (broad SMARTS) is 1. The zero-order valence-electron chi connectivity index (χ0n) is 7.82. The van der Waals surface area contributed by atoms with E-state index in [0.29, 0.717) is 0 Å². The second-order valence-electron chi connectivity index (χ2n) is 3.59. The van der Waals surface area contributed by atoms with E-state index >= 15 is 0 Å². The fourth-order valence-electron chi connectivity index (χ4n) is 1.09. The molecule has 0 aliphatic rings. The van der Waals surface area contributed by atoms with E-state index < -0.39 is 17.5 Å². The van der Waals surface area contributed by atoms with Gasteiger partial charge in [0.1, 0.15) is 0 Å². The number of aliphatic carboxylic acids is 1. The van der Waals surface area contributed by atoms with Gasteiger partial charge in [-0.2, -0.15) is 0 Å². The highest BCUT2D eigenvalue weighted by Gasteiger charge is 2.36. The molecule has 3 nitrogen and oxygen atoms in total. The van der Waals surface area contributed by atoms with Crippen molar-refractivity contribution in [3.63, 3.8) is 0 Å². The van der Waals surface area contributed by atoms with Crippen LogP contribution in [0.5, 0.6) is 0 Å². The van der Waals surface area contributed by atoms with Crippen LogP contribution >= 0.6 is 27.3 Å². The predicted octanol–water partition coefficient (Wildman–Crippen LogP) is 2.23. The number of aliphatic hydroxyl groups excluding tert-OH is 1. The lowest BCUT2D eigenvalue weighted by Gasteiger charge is -2.26. The Labute approximate surface area is 94.5 Å². The molecular weight excluding hydrogens is 268 g/mol. The molecule has 0 saturated carbocycles. The zero-order valence-corrected chi connectivity index (χ0v) is 10.2. The van der Waals surface area contributed by atoms with Crippen LogP contribution in [0.3, 0.4) is 0 Å². The summed E-state index contributed by atoms with van der Waals surface area (Å²) in [5, 5.41) is 20.1. The van der Waals surface area contributed by atoms with Crippen LogP contribution in [0.15, 0.2) is 15.9 Å². The predicted molar refractivity (Wildman–Crippen MR) is 58.7 cm³/mol. The maximum absolute atomic E-state index is 10.7. The molecule has 1 atom stereocenters. The summed E-state index contributed by atoms with van der Waals surface area (Å²) in [7, 11) is 0. The van der Waals surface area contributed by atoms with E-state index in [1.807, 2.05) is 11.4 Å². The molecule has 1 rings (SSSR count). The SMILES string of the molecule is CC(C)(c1cc(Br)cs1)C(O)C(=O)O. The molecule has 0 aliphatic carbocycles. The van der Waals surface area contributed by atoms with Gasteiger partial charge < -0.3 is 10.2 Å². The van der Waals surface area contributed by atoms with Gasteiger partial charge in [0.05, 0.1) is 0 Å². The van der Waals surface area contributed by atoms with Crippen molar-refractivity contribution in [3.8, 4) is 0 Å². The van der Waals surface area contributed by atoms with Crippen LogP contribution in [-0.4, -0.2) is 22.3 Å². The first-order chi connectivity index (χ1) is 6.35. The van der Waals surface area contributed by atoms with Crippen LogP contribution in [0.25, 0.3) is 0 Å². The molecule has 0 bridgehead atoms. The maximum Gasteiger partial charge on any atom is 0.333 e. The van der Waals surface area contributed by atoms with Crippen molar-refractivity contribution < 1.29 is 15.0 Å². The van der Waals surface area contributed by atoms with Gasteiger partial charge >= 0.3 is 5.97 Å². The summed E-state index contributed by atoms with van der Waals surface area (Å²) in [6, 6.07) is 1.83. The van der Waals surface area contributed by atoms with E-state index in [9.17, 15) is 9.90 Å². The Bertz CT molecular complexity index is 346. The topological polar surface area (TPSA) is 57.5 Å². The molecule has 1 unspecified atom stereocenters. The highest BCUT2D eigenvalue weighted by molar-refractivity contribution is 9.10. The summed E-state index contributed by atoms with van der Waals surface area (Å²) in [4.78, 5) is 11.5. The average Bonchev–Trinajstić information content (AvgIpc) is 2.50. The second-order valence-corrected chi connectivity index (χ2v) is 5.42. The summed E-state index contributed by atoms with van der Waals surface area (Å²) in [5.41, 5.74) is -0.761. The third-order valence-corrected chi connectivity index (χ3v) is 4.15. The minimum absolute atomic E-state index is 0.761. The first-order valence-corrected chi connectivity index (χ1v) is 5.68. The monoisotopic (exact) mass is 278 g/mol. The Kier molecular flexibility index (Phi) is 3.34. The molecule has 0 radical (unpaired) electrons. The minimum Gasteiger partial charge on any atom is -0.479 e. The van der Waals surface area contributed by atoms with Gasteiger partial charge in [0.2, 0.25) is 0 Å². The second kappa shape index (κ2) is 4.00. The van der Waals surface area contributed by atoms with Crippen molar-refractivity contribution in [3.05, 3.63) is 20.8 Å². The Morgan fingerprint density at radius 1 is 1.64 bits per heavy atom. The van der Waals surface area contributed by atoms with Crippen LogP contribution in [-0.2, 0) is 10.2 Å². The van der Waals surface area contributed by atoms with Crippen molar-refractivity contribution in [2.24, 2.45) is 0 Å². The van der Waals surface area contributed by atoms with Gasteiger partial charge in [0.15, 0.2) is 6.10 Å². The number of thiophene rings is 1.